The Bertz CT molecular complexity index is 731. The molecular weight excluding hydrogens is 322 g/mol. The average Bonchev–Trinajstić information content (AvgIpc) is 3.06. The number of hydrogen-bond donors (Lipinski definition) is 2. The van der Waals surface area contributed by atoms with E-state index in [1.807, 2.05) is 42.6 Å². The van der Waals surface area contributed by atoms with Gasteiger partial charge in [0.2, 0.25) is 0 Å². The number of hydrogen-bond acceptors (Lipinski definition) is 3. The predicted molar refractivity (Wildman–Crippen MR) is 96.1 cm³/mol. The van der Waals surface area contributed by atoms with E-state index in [0.717, 1.165) is 28.8 Å². The molecule has 0 unspecified atom stereocenters. The zero-order valence-electron chi connectivity index (χ0n) is 13.6. The smallest absolute Gasteiger partial charge is 0.314 e. The Morgan fingerprint density at radius 3 is 2.46 bits per heavy atom. The molecule has 0 radical (unpaired) electrons. The van der Waals surface area contributed by atoms with Crippen molar-refractivity contribution in [3.8, 4) is 11.1 Å². The van der Waals surface area contributed by atoms with Gasteiger partial charge in [0, 0.05) is 24.7 Å². The fourth-order valence-corrected chi connectivity index (χ4v) is 3.76. The van der Waals surface area contributed by atoms with Gasteiger partial charge in [-0.3, -0.25) is 4.79 Å². The zero-order valence-corrected chi connectivity index (χ0v) is 14.4. The molecule has 6 heteroatoms. The lowest BCUT2D eigenvalue weighted by Gasteiger charge is -2.31. The number of piperidine rings is 1. The van der Waals surface area contributed by atoms with Crippen molar-refractivity contribution < 1.29 is 9.59 Å². The molecule has 5 nitrogen and oxygen atoms in total. The number of likely N-dealkylation sites (tertiary alicyclic amines) is 1. The molecule has 1 fully saturated rings. The fourth-order valence-electron chi connectivity index (χ4n) is 2.94. The molecule has 1 aliphatic rings. The molecular formula is C18H21N3O2S. The van der Waals surface area contributed by atoms with Crippen LogP contribution in [0.15, 0.2) is 35.7 Å². The third-order valence-corrected chi connectivity index (χ3v) is 5.29. The van der Waals surface area contributed by atoms with E-state index in [9.17, 15) is 9.59 Å². The van der Waals surface area contributed by atoms with Crippen LogP contribution in [0.1, 0.15) is 28.1 Å². The lowest BCUT2D eigenvalue weighted by Crippen LogP contribution is -2.48. The number of nitrogens with two attached hydrogens (primary N) is 1. The SMILES string of the molecule is Cc1ccc(-c2ccsc2C(=O)NC2CCN(C(N)=O)CC2)cc1. The molecule has 1 aromatic heterocycles. The number of aryl methyl sites for hydroxylation is 1. The first-order valence-electron chi connectivity index (χ1n) is 8.04. The maximum absolute atomic E-state index is 12.6. The summed E-state index contributed by atoms with van der Waals surface area (Å²) in [6.45, 7) is 3.23. The lowest BCUT2D eigenvalue weighted by atomic mass is 10.0. The monoisotopic (exact) mass is 343 g/mol. The number of benzene rings is 1. The highest BCUT2D eigenvalue weighted by molar-refractivity contribution is 7.12. The van der Waals surface area contributed by atoms with Crippen molar-refractivity contribution in [1.29, 1.82) is 0 Å². The van der Waals surface area contributed by atoms with Crippen molar-refractivity contribution in [3.05, 3.63) is 46.2 Å². The summed E-state index contributed by atoms with van der Waals surface area (Å²) in [5.74, 6) is -0.0434. The summed E-state index contributed by atoms with van der Waals surface area (Å²) in [5, 5.41) is 5.04. The standard InChI is InChI=1S/C18H21N3O2S/c1-12-2-4-13(5-3-12)15-8-11-24-16(15)17(22)20-14-6-9-21(10-7-14)18(19)23/h2-5,8,11,14H,6-7,9-10H2,1H3,(H2,19,23)(H,20,22). The summed E-state index contributed by atoms with van der Waals surface area (Å²) in [7, 11) is 0. The van der Waals surface area contributed by atoms with Gasteiger partial charge < -0.3 is 16.0 Å². The van der Waals surface area contributed by atoms with Crippen LogP contribution < -0.4 is 11.1 Å². The van der Waals surface area contributed by atoms with Gasteiger partial charge in [-0.15, -0.1) is 11.3 Å². The Morgan fingerprint density at radius 1 is 1.17 bits per heavy atom. The lowest BCUT2D eigenvalue weighted by molar-refractivity contribution is 0.0923. The number of carbonyl (C=O) groups is 2. The van der Waals surface area contributed by atoms with E-state index < -0.39 is 0 Å². The van der Waals surface area contributed by atoms with Crippen LogP contribution in [0.4, 0.5) is 4.79 Å². The van der Waals surface area contributed by atoms with E-state index in [1.165, 1.54) is 16.9 Å². The number of primary amides is 1. The molecule has 3 N–H and O–H groups in total. The number of thiophene rings is 1. The summed E-state index contributed by atoms with van der Waals surface area (Å²) >= 11 is 1.45. The molecule has 0 atom stereocenters. The summed E-state index contributed by atoms with van der Waals surface area (Å²) in [6.07, 6.45) is 1.47. The van der Waals surface area contributed by atoms with Crippen LogP contribution in [0.25, 0.3) is 11.1 Å². The Morgan fingerprint density at radius 2 is 1.83 bits per heavy atom. The third kappa shape index (κ3) is 3.59. The highest BCUT2D eigenvalue weighted by atomic mass is 32.1. The fraction of sp³-hybridized carbons (Fsp3) is 0.333. The second-order valence-electron chi connectivity index (χ2n) is 6.10. The van der Waals surface area contributed by atoms with Crippen LogP contribution in [-0.4, -0.2) is 36.0 Å². The van der Waals surface area contributed by atoms with Crippen LogP contribution in [0.3, 0.4) is 0 Å². The first-order valence-corrected chi connectivity index (χ1v) is 8.92. The average molecular weight is 343 g/mol. The first-order chi connectivity index (χ1) is 11.5. The van der Waals surface area contributed by atoms with Gasteiger partial charge in [-0.1, -0.05) is 29.8 Å². The summed E-state index contributed by atoms with van der Waals surface area (Å²) in [4.78, 5) is 26.2. The first kappa shape index (κ1) is 16.5. The van der Waals surface area contributed by atoms with Crippen LogP contribution in [-0.2, 0) is 0 Å². The quantitative estimate of drug-likeness (QED) is 0.899. The number of carbonyl (C=O) groups excluding carboxylic acids is 2. The van der Waals surface area contributed by atoms with Gasteiger partial charge in [0.1, 0.15) is 0 Å². The largest absolute Gasteiger partial charge is 0.351 e. The molecule has 1 aliphatic heterocycles. The number of amides is 3. The molecule has 126 valence electrons. The van der Waals surface area contributed by atoms with Crippen LogP contribution >= 0.6 is 11.3 Å². The van der Waals surface area contributed by atoms with Crippen LogP contribution in [0.5, 0.6) is 0 Å². The van der Waals surface area contributed by atoms with E-state index in [1.54, 1.807) is 4.90 Å². The molecule has 0 spiro atoms. The van der Waals surface area contributed by atoms with Crippen molar-refractivity contribution >= 4 is 23.3 Å². The number of nitrogens with zero attached hydrogens (tertiary/aromatic N) is 1. The van der Waals surface area contributed by atoms with Crippen LogP contribution in [0, 0.1) is 6.92 Å². The van der Waals surface area contributed by atoms with Gasteiger partial charge in [-0.25, -0.2) is 4.79 Å². The number of rotatable bonds is 3. The van der Waals surface area contributed by atoms with Gasteiger partial charge in [-0.2, -0.15) is 0 Å². The molecule has 3 rings (SSSR count). The Labute approximate surface area is 145 Å². The van der Waals surface area contributed by atoms with Crippen molar-refractivity contribution in [2.45, 2.75) is 25.8 Å². The molecule has 2 heterocycles. The topological polar surface area (TPSA) is 75.4 Å². The highest BCUT2D eigenvalue weighted by Gasteiger charge is 2.24. The molecule has 1 saturated heterocycles. The summed E-state index contributed by atoms with van der Waals surface area (Å²) < 4.78 is 0. The van der Waals surface area contributed by atoms with Crippen LogP contribution in [0.2, 0.25) is 0 Å². The third-order valence-electron chi connectivity index (χ3n) is 4.38. The van der Waals surface area contributed by atoms with Crippen molar-refractivity contribution in [1.82, 2.24) is 10.2 Å². The summed E-state index contributed by atoms with van der Waals surface area (Å²) in [5.41, 5.74) is 8.50. The second-order valence-corrected chi connectivity index (χ2v) is 7.02. The second kappa shape index (κ2) is 7.05. The van der Waals surface area contributed by atoms with Gasteiger partial charge in [0.05, 0.1) is 4.88 Å². The Kier molecular flexibility index (Phi) is 4.85. The highest BCUT2D eigenvalue weighted by Crippen LogP contribution is 2.29. The molecule has 0 bridgehead atoms. The molecule has 3 amide bonds. The Hall–Kier alpha value is -2.34. The maximum atomic E-state index is 12.6. The zero-order chi connectivity index (χ0) is 17.1. The van der Waals surface area contributed by atoms with Crippen molar-refractivity contribution in [2.75, 3.05) is 13.1 Å². The minimum absolute atomic E-state index is 0.0434. The van der Waals surface area contributed by atoms with Gasteiger partial charge in [-0.05, 0) is 36.8 Å². The van der Waals surface area contributed by atoms with E-state index in [-0.39, 0.29) is 18.0 Å². The van der Waals surface area contributed by atoms with E-state index in [0.29, 0.717) is 13.1 Å². The molecule has 0 saturated carbocycles. The van der Waals surface area contributed by atoms with Crippen molar-refractivity contribution in [2.24, 2.45) is 5.73 Å². The van der Waals surface area contributed by atoms with Gasteiger partial charge in [0.25, 0.3) is 5.91 Å². The van der Waals surface area contributed by atoms with E-state index >= 15 is 0 Å². The normalized spacial score (nSPS) is 15.3. The van der Waals surface area contributed by atoms with E-state index in [4.69, 9.17) is 5.73 Å². The minimum Gasteiger partial charge on any atom is -0.351 e. The van der Waals surface area contributed by atoms with Gasteiger partial charge in [0.15, 0.2) is 0 Å². The molecule has 1 aromatic carbocycles. The van der Waals surface area contributed by atoms with Gasteiger partial charge >= 0.3 is 6.03 Å². The Balaban J connectivity index is 1.67. The van der Waals surface area contributed by atoms with E-state index in [2.05, 4.69) is 5.32 Å². The molecule has 0 aliphatic carbocycles. The summed E-state index contributed by atoms with van der Waals surface area (Å²) in [6, 6.07) is 9.86. The predicted octanol–water partition coefficient (Wildman–Crippen LogP) is 3.00. The number of nitrogens with one attached hydrogen (secondary N) is 1. The molecule has 2 aromatic rings. The minimum atomic E-state index is -0.389. The molecule has 24 heavy (non-hydrogen) atoms. The number of urea groups is 1. The van der Waals surface area contributed by atoms with Crippen molar-refractivity contribution in [3.63, 3.8) is 0 Å². The maximum Gasteiger partial charge on any atom is 0.314 e.